The second-order valence-corrected chi connectivity index (χ2v) is 11.7. The van der Waals surface area contributed by atoms with E-state index in [0.717, 1.165) is 31.2 Å². The summed E-state index contributed by atoms with van der Waals surface area (Å²) in [5.41, 5.74) is 1.41. The lowest BCUT2D eigenvalue weighted by Crippen LogP contribution is -2.35. The van der Waals surface area contributed by atoms with E-state index in [-0.39, 0.29) is 39.5 Å². The van der Waals surface area contributed by atoms with Crippen LogP contribution in [-0.4, -0.2) is 26.3 Å². The lowest BCUT2D eigenvalue weighted by atomic mass is 10.1. The minimum atomic E-state index is -3.99. The van der Waals surface area contributed by atoms with Gasteiger partial charge in [0.1, 0.15) is 0 Å². The summed E-state index contributed by atoms with van der Waals surface area (Å²) in [7, 11) is -3.99. The Labute approximate surface area is 216 Å². The summed E-state index contributed by atoms with van der Waals surface area (Å²) in [5.74, 6) is -0.702. The third-order valence-corrected chi connectivity index (χ3v) is 9.01. The van der Waals surface area contributed by atoms with Gasteiger partial charge in [0.05, 0.1) is 27.6 Å². The molecule has 0 radical (unpaired) electrons. The number of nitrogens with one attached hydrogen (secondary N) is 1. The molecule has 0 atom stereocenters. The first kappa shape index (κ1) is 24.5. The Kier molecular flexibility index (Phi) is 6.86. The first-order valence-corrected chi connectivity index (χ1v) is 14.1. The third-order valence-electron chi connectivity index (χ3n) is 6.90. The van der Waals surface area contributed by atoms with Gasteiger partial charge in [-0.05, 0) is 60.9 Å². The second-order valence-electron chi connectivity index (χ2n) is 9.36. The molecular formula is C28H27ClN2O4S. The lowest BCUT2D eigenvalue weighted by Gasteiger charge is -2.24. The van der Waals surface area contributed by atoms with Crippen LogP contribution >= 0.6 is 11.6 Å². The van der Waals surface area contributed by atoms with Gasteiger partial charge in [-0.3, -0.25) is 9.59 Å². The van der Waals surface area contributed by atoms with Gasteiger partial charge in [0, 0.05) is 16.6 Å². The summed E-state index contributed by atoms with van der Waals surface area (Å²) in [6.07, 6.45) is 6.36. The largest absolute Gasteiger partial charge is 0.349 e. The van der Waals surface area contributed by atoms with Gasteiger partial charge >= 0.3 is 0 Å². The summed E-state index contributed by atoms with van der Waals surface area (Å²) in [6.45, 7) is 0.126. The van der Waals surface area contributed by atoms with Crippen molar-refractivity contribution < 1.29 is 18.0 Å². The zero-order valence-corrected chi connectivity index (χ0v) is 21.3. The van der Waals surface area contributed by atoms with Gasteiger partial charge in [-0.1, -0.05) is 61.5 Å². The lowest BCUT2D eigenvalue weighted by molar-refractivity contribution is 0.0931. The number of hydrogen-bond donors (Lipinski definition) is 1. The monoisotopic (exact) mass is 522 g/mol. The molecule has 1 aliphatic carbocycles. The van der Waals surface area contributed by atoms with Crippen LogP contribution in [0, 0.1) is 0 Å². The number of amides is 2. The molecule has 1 heterocycles. The minimum Gasteiger partial charge on any atom is -0.349 e. The molecule has 0 unspecified atom stereocenters. The first-order chi connectivity index (χ1) is 17.3. The number of anilines is 1. The van der Waals surface area contributed by atoms with Crippen LogP contribution in [0.3, 0.4) is 0 Å². The number of carbonyl (C=O) groups excluding carboxylic acids is 2. The molecule has 2 aliphatic rings. The summed E-state index contributed by atoms with van der Waals surface area (Å²) < 4.78 is 27.3. The number of benzene rings is 3. The van der Waals surface area contributed by atoms with Gasteiger partial charge in [-0.25, -0.2) is 8.42 Å². The number of halogens is 1. The molecule has 0 spiro atoms. The van der Waals surface area contributed by atoms with Crippen molar-refractivity contribution in [3.8, 4) is 0 Å². The Morgan fingerprint density at radius 3 is 2.33 bits per heavy atom. The van der Waals surface area contributed by atoms with Crippen molar-refractivity contribution in [1.29, 1.82) is 0 Å². The summed E-state index contributed by atoms with van der Waals surface area (Å²) in [6, 6.07) is 17.9. The van der Waals surface area contributed by atoms with Gasteiger partial charge in [-0.15, -0.1) is 0 Å². The van der Waals surface area contributed by atoms with E-state index >= 15 is 0 Å². The summed E-state index contributed by atoms with van der Waals surface area (Å²) in [4.78, 5) is 28.3. The van der Waals surface area contributed by atoms with Crippen LogP contribution in [0.2, 0.25) is 5.02 Å². The first-order valence-electron chi connectivity index (χ1n) is 12.2. The van der Waals surface area contributed by atoms with E-state index in [1.54, 1.807) is 36.4 Å². The van der Waals surface area contributed by atoms with Gasteiger partial charge in [0.25, 0.3) is 11.8 Å². The number of nitrogens with zero attached hydrogens (tertiary/aromatic N) is 1. The van der Waals surface area contributed by atoms with Crippen molar-refractivity contribution in [3.05, 3.63) is 88.4 Å². The van der Waals surface area contributed by atoms with Gasteiger partial charge < -0.3 is 10.2 Å². The molecule has 0 aromatic heterocycles. The Hall–Kier alpha value is -3.16. The fourth-order valence-electron chi connectivity index (χ4n) is 4.97. The molecule has 6 nitrogen and oxygen atoms in total. The average Bonchev–Trinajstić information content (AvgIpc) is 3.18. The molecule has 3 aromatic carbocycles. The van der Waals surface area contributed by atoms with E-state index in [9.17, 15) is 18.0 Å². The SMILES string of the molecule is O=C(NC1CCCCCC1)c1ccc2c(c1)N(Cc1ccc(Cl)cc1)C(=O)c1ccccc1S2(=O)=O. The molecule has 3 aromatic rings. The number of carbonyl (C=O) groups is 2. The Bertz CT molecular complexity index is 1410. The van der Waals surface area contributed by atoms with Crippen molar-refractivity contribution in [2.24, 2.45) is 0 Å². The number of hydrogen-bond acceptors (Lipinski definition) is 4. The molecule has 5 rings (SSSR count). The summed E-state index contributed by atoms with van der Waals surface area (Å²) >= 11 is 6.04. The standard InChI is InChI=1S/C28H27ClN2O4S/c29-21-14-11-19(12-15-21)18-31-24-17-20(27(32)30-22-7-3-1-2-4-8-22)13-16-26(24)36(34,35)25-10-6-5-9-23(25)28(31)33/h5-6,9-17,22H,1-4,7-8,18H2,(H,30,32). The van der Waals surface area contributed by atoms with Crippen LogP contribution in [0.15, 0.2) is 76.5 Å². The zero-order valence-electron chi connectivity index (χ0n) is 19.7. The Morgan fingerprint density at radius 1 is 0.917 bits per heavy atom. The van der Waals surface area contributed by atoms with E-state index in [1.807, 2.05) is 0 Å². The van der Waals surface area contributed by atoms with Crippen LogP contribution in [0.1, 0.15) is 64.8 Å². The predicted molar refractivity (Wildman–Crippen MR) is 139 cm³/mol. The minimum absolute atomic E-state index is 0.000722. The van der Waals surface area contributed by atoms with E-state index in [1.165, 1.54) is 48.1 Å². The topological polar surface area (TPSA) is 83.6 Å². The van der Waals surface area contributed by atoms with Crippen LogP contribution in [0.5, 0.6) is 0 Å². The molecule has 1 aliphatic heterocycles. The maximum absolute atomic E-state index is 13.7. The van der Waals surface area contributed by atoms with Crippen molar-refractivity contribution in [1.82, 2.24) is 5.32 Å². The van der Waals surface area contributed by atoms with Crippen molar-refractivity contribution in [2.45, 2.75) is 60.9 Å². The zero-order chi connectivity index (χ0) is 25.3. The fourth-order valence-corrected chi connectivity index (χ4v) is 6.73. The van der Waals surface area contributed by atoms with Crippen LogP contribution < -0.4 is 10.2 Å². The normalized spacial score (nSPS) is 17.5. The van der Waals surface area contributed by atoms with Crippen molar-refractivity contribution >= 4 is 38.9 Å². The molecule has 1 fully saturated rings. The molecule has 0 saturated heterocycles. The molecule has 8 heteroatoms. The fraction of sp³-hybridized carbons (Fsp3) is 0.286. The van der Waals surface area contributed by atoms with Crippen molar-refractivity contribution in [2.75, 3.05) is 4.90 Å². The van der Waals surface area contributed by atoms with Crippen LogP contribution in [0.4, 0.5) is 5.69 Å². The molecule has 0 bridgehead atoms. The molecule has 186 valence electrons. The molecule has 2 amide bonds. The maximum atomic E-state index is 13.7. The Balaban J connectivity index is 1.59. The second kappa shape index (κ2) is 10.1. The average molecular weight is 523 g/mol. The van der Waals surface area contributed by atoms with E-state index in [2.05, 4.69) is 5.32 Å². The Morgan fingerprint density at radius 2 is 1.61 bits per heavy atom. The predicted octanol–water partition coefficient (Wildman–Crippen LogP) is 5.79. The number of fused-ring (bicyclic) bond motifs is 2. The summed E-state index contributed by atoms with van der Waals surface area (Å²) in [5, 5.41) is 3.67. The molecule has 1 saturated carbocycles. The van der Waals surface area contributed by atoms with Gasteiger partial charge in [-0.2, -0.15) is 0 Å². The maximum Gasteiger partial charge on any atom is 0.259 e. The highest BCUT2D eigenvalue weighted by Gasteiger charge is 2.36. The van der Waals surface area contributed by atoms with E-state index < -0.39 is 15.7 Å². The highest BCUT2D eigenvalue weighted by molar-refractivity contribution is 7.91. The highest BCUT2D eigenvalue weighted by Crippen LogP contribution is 2.38. The molecule has 36 heavy (non-hydrogen) atoms. The third kappa shape index (κ3) is 4.77. The van der Waals surface area contributed by atoms with Crippen molar-refractivity contribution in [3.63, 3.8) is 0 Å². The highest BCUT2D eigenvalue weighted by atomic mass is 35.5. The smallest absolute Gasteiger partial charge is 0.259 e. The van der Waals surface area contributed by atoms with E-state index in [0.29, 0.717) is 10.6 Å². The number of sulfone groups is 1. The van der Waals surface area contributed by atoms with Gasteiger partial charge in [0.2, 0.25) is 9.84 Å². The van der Waals surface area contributed by atoms with Crippen LogP contribution in [-0.2, 0) is 16.4 Å². The van der Waals surface area contributed by atoms with Crippen LogP contribution in [0.25, 0.3) is 0 Å². The molecular weight excluding hydrogens is 496 g/mol. The number of rotatable bonds is 4. The molecule has 1 N–H and O–H groups in total. The van der Waals surface area contributed by atoms with E-state index in [4.69, 9.17) is 11.6 Å². The quantitative estimate of drug-likeness (QED) is 0.440. The van der Waals surface area contributed by atoms with Gasteiger partial charge in [0.15, 0.2) is 0 Å².